The molecule has 0 atom stereocenters. The van der Waals surface area contributed by atoms with E-state index < -0.39 is 11.7 Å². The number of benzene rings is 1. The summed E-state index contributed by atoms with van der Waals surface area (Å²) < 4.78 is 37.3. The third kappa shape index (κ3) is 3.87. The van der Waals surface area contributed by atoms with Crippen LogP contribution in [0, 0.1) is 0 Å². The van der Waals surface area contributed by atoms with Crippen LogP contribution in [0.2, 0.25) is 0 Å². The first-order valence-electron chi connectivity index (χ1n) is 5.35. The number of hydrogen-bond acceptors (Lipinski definition) is 3. The predicted octanol–water partition coefficient (Wildman–Crippen LogP) is 3.47. The summed E-state index contributed by atoms with van der Waals surface area (Å²) in [5.74, 6) is -0.211. The van der Waals surface area contributed by atoms with Crippen LogP contribution in [0.4, 0.5) is 18.9 Å². The van der Waals surface area contributed by atoms with Crippen molar-refractivity contribution >= 4 is 17.2 Å². The summed E-state index contributed by atoms with van der Waals surface area (Å²) in [7, 11) is 0. The van der Waals surface area contributed by atoms with E-state index in [1.165, 1.54) is 19.1 Å². The Bertz CT molecular complexity index is 467. The molecule has 98 valence electrons. The summed E-state index contributed by atoms with van der Waals surface area (Å²) in [6.07, 6.45) is -3.98. The Labute approximate surface area is 103 Å². The van der Waals surface area contributed by atoms with Crippen molar-refractivity contribution in [2.45, 2.75) is 26.4 Å². The maximum absolute atomic E-state index is 12.4. The van der Waals surface area contributed by atoms with Crippen LogP contribution in [0.15, 0.2) is 29.4 Å². The van der Waals surface area contributed by atoms with Crippen molar-refractivity contribution in [3.63, 3.8) is 0 Å². The molecule has 1 rings (SSSR count). The van der Waals surface area contributed by atoms with Gasteiger partial charge in [-0.3, -0.25) is 10.2 Å². The van der Waals surface area contributed by atoms with Gasteiger partial charge >= 0.3 is 6.18 Å². The van der Waals surface area contributed by atoms with Gasteiger partial charge in [0, 0.05) is 6.92 Å². The van der Waals surface area contributed by atoms with E-state index in [9.17, 15) is 18.0 Å². The normalized spacial score (nSPS) is 12.4. The average molecular weight is 258 g/mol. The van der Waals surface area contributed by atoms with Crippen LogP contribution in [-0.4, -0.2) is 11.5 Å². The van der Waals surface area contributed by atoms with Crippen molar-refractivity contribution in [2.24, 2.45) is 5.10 Å². The zero-order valence-corrected chi connectivity index (χ0v) is 10.0. The Kier molecular flexibility index (Phi) is 4.47. The molecule has 0 radical (unpaired) electrons. The highest BCUT2D eigenvalue weighted by molar-refractivity contribution is 6.38. The minimum absolute atomic E-state index is 0.192. The Morgan fingerprint density at radius 3 is 2.56 bits per heavy atom. The van der Waals surface area contributed by atoms with E-state index in [-0.39, 0.29) is 17.2 Å². The van der Waals surface area contributed by atoms with Crippen molar-refractivity contribution in [2.75, 3.05) is 5.43 Å². The van der Waals surface area contributed by atoms with Gasteiger partial charge in [-0.05, 0) is 24.6 Å². The fraction of sp³-hybridized carbons (Fsp3) is 0.333. The molecule has 0 heterocycles. The number of carbonyl (C=O) groups excluding carboxylic acids is 1. The van der Waals surface area contributed by atoms with Crippen molar-refractivity contribution in [3.05, 3.63) is 29.8 Å². The van der Waals surface area contributed by atoms with Crippen LogP contribution in [0.1, 0.15) is 25.8 Å². The first-order valence-corrected chi connectivity index (χ1v) is 5.35. The SMILES string of the molecule is CC/C(=N/Nc1cccc(C(F)(F)F)c1)C(C)=O. The van der Waals surface area contributed by atoms with Gasteiger partial charge in [-0.15, -0.1) is 0 Å². The maximum atomic E-state index is 12.4. The highest BCUT2D eigenvalue weighted by Crippen LogP contribution is 2.30. The van der Waals surface area contributed by atoms with Crippen LogP contribution in [0.5, 0.6) is 0 Å². The molecule has 0 bridgehead atoms. The summed E-state index contributed by atoms with van der Waals surface area (Å²) >= 11 is 0. The molecule has 0 amide bonds. The van der Waals surface area contributed by atoms with Gasteiger partial charge in [0.1, 0.15) is 5.71 Å². The molecule has 3 nitrogen and oxygen atoms in total. The van der Waals surface area contributed by atoms with E-state index in [1.54, 1.807) is 6.92 Å². The lowest BCUT2D eigenvalue weighted by Gasteiger charge is -2.08. The highest BCUT2D eigenvalue weighted by atomic mass is 19.4. The molecular formula is C12H13F3N2O. The molecule has 1 aromatic rings. The molecule has 0 aliphatic carbocycles. The monoisotopic (exact) mass is 258 g/mol. The fourth-order valence-corrected chi connectivity index (χ4v) is 1.30. The number of Topliss-reactive ketones (excluding diaryl/α,β-unsaturated/α-hetero) is 1. The lowest BCUT2D eigenvalue weighted by atomic mass is 10.2. The van der Waals surface area contributed by atoms with Gasteiger partial charge in [-0.2, -0.15) is 18.3 Å². The molecule has 0 saturated carbocycles. The Balaban J connectivity index is 2.89. The Hall–Kier alpha value is -1.85. The third-order valence-corrected chi connectivity index (χ3v) is 2.25. The Morgan fingerprint density at radius 1 is 1.39 bits per heavy atom. The quantitative estimate of drug-likeness (QED) is 0.663. The minimum Gasteiger partial charge on any atom is -0.293 e. The highest BCUT2D eigenvalue weighted by Gasteiger charge is 2.30. The first kappa shape index (κ1) is 14.2. The number of hydrazone groups is 1. The number of ketones is 1. The van der Waals surface area contributed by atoms with E-state index in [0.29, 0.717) is 6.42 Å². The van der Waals surface area contributed by atoms with Crippen LogP contribution < -0.4 is 5.43 Å². The molecular weight excluding hydrogens is 245 g/mol. The fourth-order valence-electron chi connectivity index (χ4n) is 1.30. The van der Waals surface area contributed by atoms with E-state index >= 15 is 0 Å². The number of halogens is 3. The average Bonchev–Trinajstić information content (AvgIpc) is 2.28. The summed E-state index contributed by atoms with van der Waals surface area (Å²) in [6, 6.07) is 4.64. The standard InChI is InChI=1S/C12H13F3N2O/c1-3-11(8(2)18)17-16-10-6-4-5-9(7-10)12(13,14)15/h4-7,16H,3H2,1-2H3/b17-11-. The van der Waals surface area contributed by atoms with Crippen LogP contribution in [-0.2, 0) is 11.0 Å². The number of hydrogen-bond donors (Lipinski definition) is 1. The van der Waals surface area contributed by atoms with Crippen LogP contribution in [0.3, 0.4) is 0 Å². The lowest BCUT2D eigenvalue weighted by molar-refractivity contribution is -0.137. The molecule has 6 heteroatoms. The second-order valence-electron chi connectivity index (χ2n) is 3.66. The predicted molar refractivity (Wildman–Crippen MR) is 63.5 cm³/mol. The topological polar surface area (TPSA) is 41.5 Å². The summed E-state index contributed by atoms with van der Waals surface area (Å²) in [5, 5.41) is 3.78. The number of rotatable bonds is 4. The van der Waals surface area contributed by atoms with Gasteiger partial charge < -0.3 is 0 Å². The number of carbonyl (C=O) groups is 1. The second kappa shape index (κ2) is 5.66. The number of nitrogens with one attached hydrogen (secondary N) is 1. The lowest BCUT2D eigenvalue weighted by Crippen LogP contribution is -2.11. The molecule has 1 N–H and O–H groups in total. The summed E-state index contributed by atoms with van der Waals surface area (Å²) in [6.45, 7) is 3.10. The van der Waals surface area contributed by atoms with Crippen LogP contribution >= 0.6 is 0 Å². The van der Waals surface area contributed by atoms with Crippen molar-refractivity contribution in [1.82, 2.24) is 0 Å². The van der Waals surface area contributed by atoms with Crippen molar-refractivity contribution < 1.29 is 18.0 Å². The van der Waals surface area contributed by atoms with Crippen molar-refractivity contribution in [1.29, 1.82) is 0 Å². The molecule has 0 unspecified atom stereocenters. The van der Waals surface area contributed by atoms with Gasteiger partial charge in [-0.25, -0.2) is 0 Å². The van der Waals surface area contributed by atoms with E-state index in [2.05, 4.69) is 10.5 Å². The van der Waals surface area contributed by atoms with Gasteiger partial charge in [0.15, 0.2) is 5.78 Å². The number of anilines is 1. The summed E-state index contributed by atoms with van der Waals surface area (Å²) in [5.41, 5.74) is 2.17. The van der Waals surface area contributed by atoms with Gasteiger partial charge in [0.2, 0.25) is 0 Å². The Morgan fingerprint density at radius 2 is 2.06 bits per heavy atom. The summed E-state index contributed by atoms with van der Waals surface area (Å²) in [4.78, 5) is 11.1. The zero-order valence-electron chi connectivity index (χ0n) is 10.0. The number of nitrogens with zero attached hydrogens (tertiary/aromatic N) is 1. The molecule has 0 spiro atoms. The second-order valence-corrected chi connectivity index (χ2v) is 3.66. The van der Waals surface area contributed by atoms with Gasteiger partial charge in [0.25, 0.3) is 0 Å². The van der Waals surface area contributed by atoms with Gasteiger partial charge in [0.05, 0.1) is 11.3 Å². The molecule has 1 aromatic carbocycles. The minimum atomic E-state index is -4.39. The third-order valence-electron chi connectivity index (χ3n) is 2.25. The zero-order chi connectivity index (χ0) is 13.8. The van der Waals surface area contributed by atoms with E-state index in [1.807, 2.05) is 0 Å². The smallest absolute Gasteiger partial charge is 0.293 e. The first-order chi connectivity index (χ1) is 8.34. The van der Waals surface area contributed by atoms with Crippen molar-refractivity contribution in [3.8, 4) is 0 Å². The molecule has 0 saturated heterocycles. The molecule has 0 aliphatic heterocycles. The van der Waals surface area contributed by atoms with E-state index in [4.69, 9.17) is 0 Å². The largest absolute Gasteiger partial charge is 0.416 e. The number of alkyl halides is 3. The maximum Gasteiger partial charge on any atom is 0.416 e. The molecule has 0 fully saturated rings. The van der Waals surface area contributed by atoms with Crippen LogP contribution in [0.25, 0.3) is 0 Å². The molecule has 0 aromatic heterocycles. The molecule has 0 aliphatic rings. The van der Waals surface area contributed by atoms with Gasteiger partial charge in [-0.1, -0.05) is 13.0 Å². The molecule has 18 heavy (non-hydrogen) atoms. The van der Waals surface area contributed by atoms with E-state index in [0.717, 1.165) is 12.1 Å².